The third kappa shape index (κ3) is 2.95. The zero-order chi connectivity index (χ0) is 14.8. The fraction of sp³-hybridized carbons (Fsp3) is 0.375. The minimum atomic E-state index is -0.294. The molecule has 1 atom stereocenters. The Morgan fingerprint density at radius 3 is 2.76 bits per heavy atom. The predicted molar refractivity (Wildman–Crippen MR) is 83.4 cm³/mol. The van der Waals surface area contributed by atoms with Crippen LogP contribution in [0.4, 0.5) is 4.39 Å². The summed E-state index contributed by atoms with van der Waals surface area (Å²) in [4.78, 5) is 3.44. The second kappa shape index (κ2) is 6.13. The topological polar surface area (TPSA) is 35.5 Å². The van der Waals surface area contributed by atoms with Crippen molar-refractivity contribution >= 4 is 11.3 Å². The second-order valence-corrected chi connectivity index (χ2v) is 6.34. The van der Waals surface area contributed by atoms with Crippen LogP contribution in [0.1, 0.15) is 22.0 Å². The van der Waals surface area contributed by atoms with Gasteiger partial charge in [0.1, 0.15) is 11.6 Å². The summed E-state index contributed by atoms with van der Waals surface area (Å²) < 4.78 is 13.8. The standard InChI is InChI=1S/C16H19FN2OS/c1-11-9-12(17)10-13(16(11)20)15(14-3-2-8-21-14)19-6-4-18-5-7-19/h2-3,8-10,15,18,20H,4-7H2,1H3/t15-/m0/s1. The third-order valence-corrected chi connectivity index (χ3v) is 4.84. The second-order valence-electron chi connectivity index (χ2n) is 5.36. The average Bonchev–Trinajstić information content (AvgIpc) is 2.99. The number of hydrogen-bond acceptors (Lipinski definition) is 4. The number of piperazine rings is 1. The molecule has 1 saturated heterocycles. The van der Waals surface area contributed by atoms with Crippen molar-refractivity contribution in [3.05, 3.63) is 51.5 Å². The summed E-state index contributed by atoms with van der Waals surface area (Å²) in [5, 5.41) is 15.8. The van der Waals surface area contributed by atoms with Gasteiger partial charge in [0.25, 0.3) is 0 Å². The first-order valence-electron chi connectivity index (χ1n) is 7.14. The Morgan fingerprint density at radius 1 is 1.33 bits per heavy atom. The van der Waals surface area contributed by atoms with E-state index < -0.39 is 0 Å². The van der Waals surface area contributed by atoms with Crippen LogP contribution in [0.15, 0.2) is 29.6 Å². The molecule has 112 valence electrons. The Bertz CT molecular complexity index is 609. The van der Waals surface area contributed by atoms with Gasteiger partial charge in [-0.05, 0) is 36.1 Å². The maximum Gasteiger partial charge on any atom is 0.124 e. The van der Waals surface area contributed by atoms with E-state index in [4.69, 9.17) is 0 Å². The summed E-state index contributed by atoms with van der Waals surface area (Å²) in [5.74, 6) is -0.0923. The van der Waals surface area contributed by atoms with E-state index in [-0.39, 0.29) is 17.6 Å². The number of nitrogens with zero attached hydrogens (tertiary/aromatic N) is 1. The van der Waals surface area contributed by atoms with Gasteiger partial charge >= 0.3 is 0 Å². The highest BCUT2D eigenvalue weighted by molar-refractivity contribution is 7.10. The highest BCUT2D eigenvalue weighted by Gasteiger charge is 2.27. The fourth-order valence-electron chi connectivity index (χ4n) is 2.89. The van der Waals surface area contributed by atoms with Crippen LogP contribution in [0.3, 0.4) is 0 Å². The summed E-state index contributed by atoms with van der Waals surface area (Å²) in [6, 6.07) is 6.81. The van der Waals surface area contributed by atoms with Crippen molar-refractivity contribution in [3.63, 3.8) is 0 Å². The van der Waals surface area contributed by atoms with Crippen LogP contribution in [0.25, 0.3) is 0 Å². The van der Waals surface area contributed by atoms with Crippen molar-refractivity contribution in [2.75, 3.05) is 26.2 Å². The maximum absolute atomic E-state index is 13.8. The summed E-state index contributed by atoms with van der Waals surface area (Å²) in [6.07, 6.45) is 0. The Hall–Kier alpha value is -1.43. The maximum atomic E-state index is 13.8. The molecule has 0 bridgehead atoms. The lowest BCUT2D eigenvalue weighted by atomic mass is 9.99. The quantitative estimate of drug-likeness (QED) is 0.915. The average molecular weight is 306 g/mol. The third-order valence-electron chi connectivity index (χ3n) is 3.92. The summed E-state index contributed by atoms with van der Waals surface area (Å²) in [5.41, 5.74) is 1.25. The van der Waals surface area contributed by atoms with E-state index >= 15 is 0 Å². The monoisotopic (exact) mass is 306 g/mol. The highest BCUT2D eigenvalue weighted by Crippen LogP contribution is 2.38. The van der Waals surface area contributed by atoms with Gasteiger partial charge in [0.15, 0.2) is 0 Å². The van der Waals surface area contributed by atoms with E-state index in [1.807, 2.05) is 11.4 Å². The summed E-state index contributed by atoms with van der Waals surface area (Å²) >= 11 is 1.64. The zero-order valence-corrected chi connectivity index (χ0v) is 12.8. The highest BCUT2D eigenvalue weighted by atomic mass is 32.1. The Morgan fingerprint density at radius 2 is 2.10 bits per heavy atom. The van der Waals surface area contributed by atoms with Crippen LogP contribution in [0.2, 0.25) is 0 Å². The lowest BCUT2D eigenvalue weighted by Gasteiger charge is -2.35. The van der Waals surface area contributed by atoms with Gasteiger partial charge in [0, 0.05) is 36.6 Å². The number of aryl methyl sites for hydroxylation is 1. The molecule has 3 nitrogen and oxygen atoms in total. The van der Waals surface area contributed by atoms with Crippen LogP contribution in [-0.2, 0) is 0 Å². The SMILES string of the molecule is Cc1cc(F)cc([C@@H](c2cccs2)N2CCNCC2)c1O. The molecule has 1 aromatic heterocycles. The first-order valence-corrected chi connectivity index (χ1v) is 8.02. The van der Waals surface area contributed by atoms with Crippen LogP contribution < -0.4 is 5.32 Å². The molecule has 0 unspecified atom stereocenters. The Kier molecular flexibility index (Phi) is 4.24. The molecule has 0 spiro atoms. The van der Waals surface area contributed by atoms with Gasteiger partial charge in [-0.15, -0.1) is 11.3 Å². The van der Waals surface area contributed by atoms with E-state index in [2.05, 4.69) is 16.3 Å². The van der Waals surface area contributed by atoms with E-state index in [1.165, 1.54) is 12.1 Å². The Labute approximate surface area is 128 Å². The van der Waals surface area contributed by atoms with Crippen LogP contribution in [-0.4, -0.2) is 36.2 Å². The van der Waals surface area contributed by atoms with Gasteiger partial charge in [0.2, 0.25) is 0 Å². The molecule has 0 aliphatic carbocycles. The van der Waals surface area contributed by atoms with Gasteiger partial charge in [-0.3, -0.25) is 4.90 Å². The number of phenols is 1. The van der Waals surface area contributed by atoms with Crippen molar-refractivity contribution in [2.24, 2.45) is 0 Å². The first-order chi connectivity index (χ1) is 10.2. The lowest BCUT2D eigenvalue weighted by Crippen LogP contribution is -2.45. The van der Waals surface area contributed by atoms with E-state index in [1.54, 1.807) is 18.3 Å². The number of halogens is 1. The number of phenolic OH excluding ortho intramolecular Hbond substituents is 1. The minimum Gasteiger partial charge on any atom is -0.507 e. The van der Waals surface area contributed by atoms with Crippen molar-refractivity contribution in [1.29, 1.82) is 0 Å². The van der Waals surface area contributed by atoms with Gasteiger partial charge < -0.3 is 10.4 Å². The van der Waals surface area contributed by atoms with E-state index in [0.717, 1.165) is 31.1 Å². The van der Waals surface area contributed by atoms with Gasteiger partial charge in [0.05, 0.1) is 6.04 Å². The molecule has 1 aliphatic rings. The molecule has 2 aromatic rings. The van der Waals surface area contributed by atoms with Crippen LogP contribution in [0.5, 0.6) is 5.75 Å². The smallest absolute Gasteiger partial charge is 0.124 e. The number of rotatable bonds is 3. The first kappa shape index (κ1) is 14.5. The molecule has 2 heterocycles. The molecule has 21 heavy (non-hydrogen) atoms. The molecule has 2 N–H and O–H groups in total. The van der Waals surface area contributed by atoms with Crippen LogP contribution in [0, 0.1) is 12.7 Å². The van der Waals surface area contributed by atoms with Crippen LogP contribution >= 0.6 is 11.3 Å². The van der Waals surface area contributed by atoms with E-state index in [0.29, 0.717) is 11.1 Å². The van der Waals surface area contributed by atoms with Crippen molar-refractivity contribution in [1.82, 2.24) is 10.2 Å². The molecule has 5 heteroatoms. The predicted octanol–water partition coefficient (Wildman–Crippen LogP) is 2.90. The van der Waals surface area contributed by atoms with Crippen molar-refractivity contribution in [2.45, 2.75) is 13.0 Å². The molecule has 0 amide bonds. The number of thiophene rings is 1. The summed E-state index contributed by atoms with van der Waals surface area (Å²) in [6.45, 7) is 5.34. The van der Waals surface area contributed by atoms with Crippen molar-refractivity contribution < 1.29 is 9.50 Å². The Balaban J connectivity index is 2.07. The van der Waals surface area contributed by atoms with E-state index in [9.17, 15) is 9.50 Å². The fourth-order valence-corrected chi connectivity index (χ4v) is 3.76. The minimum absolute atomic E-state index is 0.0819. The summed E-state index contributed by atoms with van der Waals surface area (Å²) in [7, 11) is 0. The zero-order valence-electron chi connectivity index (χ0n) is 12.0. The molecule has 0 radical (unpaired) electrons. The molecule has 1 fully saturated rings. The molecule has 1 aromatic carbocycles. The molecule has 0 saturated carbocycles. The van der Waals surface area contributed by atoms with Gasteiger partial charge in [-0.2, -0.15) is 0 Å². The largest absolute Gasteiger partial charge is 0.507 e. The van der Waals surface area contributed by atoms with Gasteiger partial charge in [-0.1, -0.05) is 6.07 Å². The molecule has 1 aliphatic heterocycles. The number of benzene rings is 1. The molecular weight excluding hydrogens is 287 g/mol. The number of hydrogen-bond donors (Lipinski definition) is 2. The lowest BCUT2D eigenvalue weighted by molar-refractivity contribution is 0.197. The normalized spacial score (nSPS) is 17.8. The molecule has 3 rings (SSSR count). The van der Waals surface area contributed by atoms with Crippen molar-refractivity contribution in [3.8, 4) is 5.75 Å². The number of nitrogens with one attached hydrogen (secondary N) is 1. The number of aromatic hydroxyl groups is 1. The molecular formula is C16H19FN2OS. The van der Waals surface area contributed by atoms with Gasteiger partial charge in [-0.25, -0.2) is 4.39 Å².